The molecule has 150 valence electrons. The lowest BCUT2D eigenvalue weighted by atomic mass is 9.57. The van der Waals surface area contributed by atoms with Gasteiger partial charge >= 0.3 is 0 Å². The molecule has 0 saturated carbocycles. The predicted molar refractivity (Wildman–Crippen MR) is 116 cm³/mol. The summed E-state index contributed by atoms with van der Waals surface area (Å²) in [6, 6.07) is 6.85. The van der Waals surface area contributed by atoms with Crippen LogP contribution in [0.3, 0.4) is 0 Å². The fourth-order valence-electron chi connectivity index (χ4n) is 7.65. The summed E-state index contributed by atoms with van der Waals surface area (Å²) in [6.07, 6.45) is 6.99. The molecule has 3 unspecified atom stereocenters. The van der Waals surface area contributed by atoms with Crippen molar-refractivity contribution in [3.63, 3.8) is 0 Å². The molecular formula is C26H30N2O. The lowest BCUT2D eigenvalue weighted by Crippen LogP contribution is -2.67. The molecule has 5 heterocycles. The molecule has 3 fully saturated rings. The summed E-state index contributed by atoms with van der Waals surface area (Å²) in [5.41, 5.74) is 9.05. The Kier molecular flexibility index (Phi) is 2.79. The van der Waals surface area contributed by atoms with Crippen molar-refractivity contribution in [2.24, 2.45) is 5.92 Å². The molecular weight excluding hydrogens is 356 g/mol. The largest absolute Gasteiger partial charge is 0.487 e. The number of ether oxygens (including phenoxy) is 1. The Hall–Kier alpha value is -2.00. The van der Waals surface area contributed by atoms with Gasteiger partial charge in [0.25, 0.3) is 0 Å². The molecule has 2 aliphatic carbocycles. The van der Waals surface area contributed by atoms with E-state index in [4.69, 9.17) is 4.74 Å². The third-order valence-corrected chi connectivity index (χ3v) is 8.69. The molecule has 1 aromatic carbocycles. The van der Waals surface area contributed by atoms with Crippen molar-refractivity contribution in [2.45, 2.75) is 69.9 Å². The first-order chi connectivity index (χ1) is 13.9. The fourth-order valence-corrected chi connectivity index (χ4v) is 7.65. The molecule has 4 aliphatic heterocycles. The lowest BCUT2D eigenvalue weighted by molar-refractivity contribution is -0.130. The number of aromatic nitrogens is 1. The number of H-pyrrole nitrogens is 1. The summed E-state index contributed by atoms with van der Waals surface area (Å²) in [7, 11) is 0. The highest BCUT2D eigenvalue weighted by atomic mass is 16.5. The Morgan fingerprint density at radius 2 is 2.17 bits per heavy atom. The number of morpholine rings is 1. The molecule has 3 atom stereocenters. The summed E-state index contributed by atoms with van der Waals surface area (Å²) in [6.45, 7) is 11.7. The number of nitrogens with zero attached hydrogens (tertiary/aromatic N) is 1. The average molecular weight is 387 g/mol. The van der Waals surface area contributed by atoms with Gasteiger partial charge in [-0.2, -0.15) is 0 Å². The molecule has 0 amide bonds. The number of nitrogens with one attached hydrogen (secondary N) is 1. The van der Waals surface area contributed by atoms with Gasteiger partial charge in [-0.15, -0.1) is 0 Å². The minimum atomic E-state index is -0.0434. The highest BCUT2D eigenvalue weighted by Gasteiger charge is 2.80. The van der Waals surface area contributed by atoms with Gasteiger partial charge in [0.05, 0.1) is 0 Å². The second kappa shape index (κ2) is 4.83. The van der Waals surface area contributed by atoms with Crippen LogP contribution >= 0.6 is 0 Å². The monoisotopic (exact) mass is 386 g/mol. The van der Waals surface area contributed by atoms with Crippen molar-refractivity contribution in [3.05, 3.63) is 58.0 Å². The Balaban J connectivity index is 1.41. The maximum atomic E-state index is 6.87. The third kappa shape index (κ3) is 1.73. The van der Waals surface area contributed by atoms with Crippen LogP contribution in [0.4, 0.5) is 0 Å². The molecule has 2 aromatic rings. The van der Waals surface area contributed by atoms with Crippen LogP contribution in [0.2, 0.25) is 0 Å². The van der Waals surface area contributed by atoms with Crippen LogP contribution in [0.1, 0.15) is 57.4 Å². The molecule has 1 N–H and O–H groups in total. The molecule has 3 saturated heterocycles. The van der Waals surface area contributed by atoms with Crippen LogP contribution < -0.4 is 0 Å². The zero-order chi connectivity index (χ0) is 19.8. The molecule has 3 heteroatoms. The van der Waals surface area contributed by atoms with E-state index in [1.165, 1.54) is 58.4 Å². The van der Waals surface area contributed by atoms with E-state index in [9.17, 15) is 0 Å². The number of fused-ring (bicyclic) bond motifs is 3. The first-order valence-electron chi connectivity index (χ1n) is 11.3. The van der Waals surface area contributed by atoms with Crippen molar-refractivity contribution in [2.75, 3.05) is 13.1 Å². The topological polar surface area (TPSA) is 28.3 Å². The molecule has 3 nitrogen and oxygen atoms in total. The van der Waals surface area contributed by atoms with E-state index in [1.54, 1.807) is 5.57 Å². The molecule has 4 bridgehead atoms. The quantitative estimate of drug-likeness (QED) is 0.735. The van der Waals surface area contributed by atoms with Crippen molar-refractivity contribution in [1.82, 2.24) is 9.88 Å². The van der Waals surface area contributed by atoms with E-state index >= 15 is 0 Å². The normalized spacial score (nSPS) is 35.2. The Morgan fingerprint density at radius 3 is 3.00 bits per heavy atom. The maximum Gasteiger partial charge on any atom is 0.133 e. The van der Waals surface area contributed by atoms with Crippen LogP contribution in [0.25, 0.3) is 10.9 Å². The Morgan fingerprint density at radius 1 is 1.31 bits per heavy atom. The average Bonchev–Trinajstić information content (AvgIpc) is 3.04. The number of allylic oxidation sites excluding steroid dienone is 2. The minimum Gasteiger partial charge on any atom is -0.487 e. The van der Waals surface area contributed by atoms with Gasteiger partial charge in [0.2, 0.25) is 0 Å². The predicted octanol–water partition coefficient (Wildman–Crippen LogP) is 5.01. The van der Waals surface area contributed by atoms with Gasteiger partial charge in [-0.25, -0.2) is 0 Å². The minimum absolute atomic E-state index is 0.0434. The Bertz CT molecular complexity index is 1160. The second-order valence-electron chi connectivity index (χ2n) is 10.9. The van der Waals surface area contributed by atoms with E-state index < -0.39 is 0 Å². The van der Waals surface area contributed by atoms with E-state index in [2.05, 4.69) is 61.9 Å². The Labute approximate surface area is 172 Å². The van der Waals surface area contributed by atoms with Crippen molar-refractivity contribution < 1.29 is 4.74 Å². The fraction of sp³-hybridized carbons (Fsp3) is 0.538. The van der Waals surface area contributed by atoms with Gasteiger partial charge < -0.3 is 9.72 Å². The van der Waals surface area contributed by atoms with E-state index in [1.807, 2.05) is 0 Å². The number of rotatable bonds is 2. The summed E-state index contributed by atoms with van der Waals surface area (Å²) in [5, 5.41) is 1.41. The van der Waals surface area contributed by atoms with E-state index in [0.29, 0.717) is 5.92 Å². The SMILES string of the molecule is CC(C)=CCc1cccc2c3c([nH]c12)C(C)(C)C1C2=C4OC1(C3)CN1CCCC421. The number of aromatic amines is 1. The number of hydrogen-bond donors (Lipinski definition) is 1. The summed E-state index contributed by atoms with van der Waals surface area (Å²) in [4.78, 5) is 6.70. The first kappa shape index (κ1) is 16.8. The molecule has 29 heavy (non-hydrogen) atoms. The van der Waals surface area contributed by atoms with Gasteiger partial charge in [-0.3, -0.25) is 4.90 Å². The molecule has 2 spiro atoms. The van der Waals surface area contributed by atoms with Crippen LogP contribution in [0.5, 0.6) is 0 Å². The van der Waals surface area contributed by atoms with Crippen LogP contribution in [-0.2, 0) is 23.0 Å². The maximum absolute atomic E-state index is 6.87. The number of hydrogen-bond acceptors (Lipinski definition) is 2. The highest BCUT2D eigenvalue weighted by Crippen LogP contribution is 2.75. The van der Waals surface area contributed by atoms with Gasteiger partial charge in [0.15, 0.2) is 0 Å². The number of para-hydroxylation sites is 1. The molecule has 0 radical (unpaired) electrons. The first-order valence-corrected chi connectivity index (χ1v) is 11.3. The zero-order valence-electron chi connectivity index (χ0n) is 18.0. The van der Waals surface area contributed by atoms with Crippen LogP contribution in [0.15, 0.2) is 41.2 Å². The number of piperidine rings is 1. The smallest absolute Gasteiger partial charge is 0.133 e. The van der Waals surface area contributed by atoms with Crippen molar-refractivity contribution in [1.29, 1.82) is 0 Å². The lowest BCUT2D eigenvalue weighted by Gasteiger charge is -2.57. The summed E-state index contributed by atoms with van der Waals surface area (Å²) in [5.74, 6) is 1.90. The van der Waals surface area contributed by atoms with Crippen LogP contribution in [-0.4, -0.2) is 34.1 Å². The third-order valence-electron chi connectivity index (χ3n) is 8.69. The summed E-state index contributed by atoms with van der Waals surface area (Å²) < 4.78 is 6.87. The van der Waals surface area contributed by atoms with Gasteiger partial charge in [0, 0.05) is 46.5 Å². The van der Waals surface area contributed by atoms with Crippen molar-refractivity contribution >= 4 is 10.9 Å². The highest BCUT2D eigenvalue weighted by molar-refractivity contribution is 5.89. The molecule has 6 aliphatic rings. The van der Waals surface area contributed by atoms with E-state index in [-0.39, 0.29) is 16.6 Å². The van der Waals surface area contributed by atoms with Crippen molar-refractivity contribution in [3.8, 4) is 0 Å². The molecule has 1 aromatic heterocycles. The standard InChI is InChI=1S/C26H30N2O/c1-15(2)9-10-16-7-5-8-17-18-13-25-14-28-12-6-11-26(28)19(23(26)29-25)21(25)24(3,4)22(18)27-20(16)17/h5,7-9,21,27H,6,10-14H2,1-4H3. The van der Waals surface area contributed by atoms with Gasteiger partial charge in [-0.1, -0.05) is 43.7 Å². The summed E-state index contributed by atoms with van der Waals surface area (Å²) >= 11 is 0. The van der Waals surface area contributed by atoms with Gasteiger partial charge in [0.1, 0.15) is 16.9 Å². The van der Waals surface area contributed by atoms with Crippen LogP contribution in [0, 0.1) is 5.92 Å². The van der Waals surface area contributed by atoms with E-state index in [0.717, 1.165) is 19.4 Å². The molecule has 8 rings (SSSR count). The number of benzene rings is 1. The zero-order valence-corrected chi connectivity index (χ0v) is 18.0. The van der Waals surface area contributed by atoms with Gasteiger partial charge in [-0.05, 0) is 50.8 Å². The second-order valence-corrected chi connectivity index (χ2v) is 10.9.